The Morgan fingerprint density at radius 2 is 1.79 bits per heavy atom. The third kappa shape index (κ3) is 2.73. The van der Waals surface area contributed by atoms with Gasteiger partial charge in [0.2, 0.25) is 0 Å². The minimum Gasteiger partial charge on any atom is -0.456 e. The summed E-state index contributed by atoms with van der Waals surface area (Å²) in [5.41, 5.74) is -2.88. The lowest BCUT2D eigenvalue weighted by Gasteiger charge is -2.61. The Morgan fingerprint density at radius 3 is 2.47 bits per heavy atom. The number of ether oxygens (including phenoxy) is 1. The number of hydrogen-bond acceptors (Lipinski definition) is 6. The topological polar surface area (TPSA) is 104 Å². The van der Waals surface area contributed by atoms with Crippen molar-refractivity contribution in [1.29, 1.82) is 0 Å². The molecule has 1 aliphatic heterocycles. The normalized spacial score (nSPS) is 47.9. The zero-order chi connectivity index (χ0) is 24.9. The average molecular weight is 471 g/mol. The molecule has 34 heavy (non-hydrogen) atoms. The first kappa shape index (κ1) is 24.0. The lowest BCUT2D eigenvalue weighted by molar-refractivity contribution is -0.193. The molecule has 2 fully saturated rings. The summed E-state index contributed by atoms with van der Waals surface area (Å²) in [4.78, 5) is 25.6. The number of carbonyl (C=O) groups excluding carboxylic acids is 2. The fourth-order valence-electron chi connectivity index (χ4n) is 8.30. The number of hydrogen-bond donors (Lipinski definition) is 3. The van der Waals surface area contributed by atoms with Crippen LogP contribution in [0.4, 0.5) is 0 Å². The number of allylic oxidation sites excluding steroid dienone is 1. The van der Waals surface area contributed by atoms with Crippen LogP contribution in [0.25, 0.3) is 0 Å². The minimum atomic E-state index is -1.31. The highest BCUT2D eigenvalue weighted by molar-refractivity contribution is 5.97. The van der Waals surface area contributed by atoms with Crippen molar-refractivity contribution < 1.29 is 29.6 Å². The van der Waals surface area contributed by atoms with Crippen LogP contribution in [0.15, 0.2) is 34.9 Å². The summed E-state index contributed by atoms with van der Waals surface area (Å²) in [7, 11) is 0. The van der Waals surface area contributed by atoms with Crippen molar-refractivity contribution in [2.45, 2.75) is 102 Å². The van der Waals surface area contributed by atoms with Gasteiger partial charge in [-0.05, 0) is 89.7 Å². The van der Waals surface area contributed by atoms with Gasteiger partial charge >= 0.3 is 5.97 Å². The molecule has 8 atom stereocenters. The van der Waals surface area contributed by atoms with E-state index >= 15 is 0 Å². The Hall–Kier alpha value is -1.76. The van der Waals surface area contributed by atoms with Crippen molar-refractivity contribution in [2.24, 2.45) is 22.7 Å². The lowest BCUT2D eigenvalue weighted by Crippen LogP contribution is -2.65. The number of ketones is 1. The summed E-state index contributed by atoms with van der Waals surface area (Å²) >= 11 is 0. The third-order valence-corrected chi connectivity index (χ3v) is 10.9. The van der Waals surface area contributed by atoms with Crippen molar-refractivity contribution >= 4 is 11.8 Å². The average Bonchev–Trinajstić information content (AvgIpc) is 3.05. The van der Waals surface area contributed by atoms with E-state index < -0.39 is 33.7 Å². The van der Waals surface area contributed by atoms with Gasteiger partial charge in [-0.3, -0.25) is 4.79 Å². The molecule has 0 bridgehead atoms. The molecule has 4 aliphatic carbocycles. The second kappa shape index (κ2) is 7.14. The van der Waals surface area contributed by atoms with E-state index in [2.05, 4.69) is 0 Å². The number of carbonyl (C=O) groups is 2. The van der Waals surface area contributed by atoms with Crippen LogP contribution in [0.1, 0.15) is 79.6 Å². The van der Waals surface area contributed by atoms with E-state index in [0.717, 1.165) is 11.1 Å². The van der Waals surface area contributed by atoms with Gasteiger partial charge in [-0.15, -0.1) is 0 Å². The number of cyclic esters (lactones) is 1. The van der Waals surface area contributed by atoms with Gasteiger partial charge in [0.1, 0.15) is 11.7 Å². The molecule has 0 amide bonds. The number of esters is 1. The summed E-state index contributed by atoms with van der Waals surface area (Å²) < 4.78 is 5.70. The van der Waals surface area contributed by atoms with E-state index in [4.69, 9.17) is 4.74 Å². The van der Waals surface area contributed by atoms with Crippen LogP contribution in [0.5, 0.6) is 0 Å². The predicted molar refractivity (Wildman–Crippen MR) is 127 cm³/mol. The first-order valence-corrected chi connectivity index (χ1v) is 12.7. The highest BCUT2D eigenvalue weighted by atomic mass is 16.6. The fourth-order valence-corrected chi connectivity index (χ4v) is 8.30. The van der Waals surface area contributed by atoms with Crippen molar-refractivity contribution in [3.05, 3.63) is 34.9 Å². The van der Waals surface area contributed by atoms with Gasteiger partial charge in [0.05, 0.1) is 16.6 Å². The molecule has 5 rings (SSSR count). The molecule has 0 saturated heterocycles. The smallest absolute Gasteiger partial charge is 0.334 e. The Balaban J connectivity index is 1.52. The highest BCUT2D eigenvalue weighted by Gasteiger charge is 2.70. The molecule has 0 radical (unpaired) electrons. The SMILES string of the molecule is CC1=C(C)C(=O)OC([C@](C)(O)[C@H]2CC[C@@]3(O)C4=CC[C@@]5(O)CC=CC(=O)[C@]5(C)[C@H]4CC[C@]23C)C1. The molecule has 0 aromatic carbocycles. The molecule has 3 N–H and O–H groups in total. The lowest BCUT2D eigenvalue weighted by atomic mass is 9.45. The van der Waals surface area contributed by atoms with E-state index in [9.17, 15) is 24.9 Å². The molecule has 0 aromatic heterocycles. The summed E-state index contributed by atoms with van der Waals surface area (Å²) in [6.45, 7) is 9.31. The van der Waals surface area contributed by atoms with Crippen molar-refractivity contribution in [1.82, 2.24) is 0 Å². The molecule has 1 unspecified atom stereocenters. The maximum Gasteiger partial charge on any atom is 0.334 e. The van der Waals surface area contributed by atoms with Gasteiger partial charge in [-0.2, -0.15) is 0 Å². The highest BCUT2D eigenvalue weighted by Crippen LogP contribution is 2.69. The monoisotopic (exact) mass is 470 g/mol. The second-order valence-corrected chi connectivity index (χ2v) is 12.3. The first-order chi connectivity index (χ1) is 15.7. The van der Waals surface area contributed by atoms with Gasteiger partial charge in [0.25, 0.3) is 0 Å². The van der Waals surface area contributed by atoms with Crippen LogP contribution < -0.4 is 0 Å². The maximum atomic E-state index is 13.2. The Morgan fingerprint density at radius 1 is 1.09 bits per heavy atom. The van der Waals surface area contributed by atoms with Gasteiger partial charge in [-0.1, -0.05) is 24.6 Å². The fraction of sp³-hybridized carbons (Fsp3) is 0.714. The standard InChI is InChI=1S/C28H38O6/c1-16-15-22(34-23(30)17(16)2)26(5,31)20-10-14-28(33)19-9-13-27(32)11-6-7-21(29)25(27,4)18(19)8-12-24(20,28)3/h6-7,9,18,20,22,31-33H,8,10-15H2,1-5H3/t18-,20-,22?,24+,25-,26+,27-,28+/m0/s1. The van der Waals surface area contributed by atoms with Crippen LogP contribution in [0.2, 0.25) is 0 Å². The van der Waals surface area contributed by atoms with Gasteiger partial charge in [-0.25, -0.2) is 4.79 Å². The molecule has 0 aromatic rings. The molecular weight excluding hydrogens is 432 g/mol. The van der Waals surface area contributed by atoms with Gasteiger partial charge in [0.15, 0.2) is 5.78 Å². The molecule has 1 heterocycles. The molecule has 2 saturated carbocycles. The Bertz CT molecular complexity index is 1050. The van der Waals surface area contributed by atoms with Crippen LogP contribution in [0.3, 0.4) is 0 Å². The minimum absolute atomic E-state index is 0.0719. The number of aliphatic hydroxyl groups is 3. The summed E-state index contributed by atoms with van der Waals surface area (Å²) in [6.07, 6.45) is 8.23. The van der Waals surface area contributed by atoms with Crippen LogP contribution in [0, 0.1) is 22.7 Å². The van der Waals surface area contributed by atoms with Crippen LogP contribution >= 0.6 is 0 Å². The first-order valence-electron chi connectivity index (χ1n) is 12.7. The molecule has 6 heteroatoms. The molecule has 186 valence electrons. The number of fused-ring (bicyclic) bond motifs is 5. The van der Waals surface area contributed by atoms with Crippen LogP contribution in [-0.4, -0.2) is 50.0 Å². The number of rotatable bonds is 2. The van der Waals surface area contributed by atoms with E-state index in [0.29, 0.717) is 50.5 Å². The van der Waals surface area contributed by atoms with E-state index in [1.807, 2.05) is 26.8 Å². The van der Waals surface area contributed by atoms with E-state index in [1.165, 1.54) is 0 Å². The molecular formula is C28H38O6. The van der Waals surface area contributed by atoms with Crippen LogP contribution in [-0.2, 0) is 14.3 Å². The van der Waals surface area contributed by atoms with E-state index in [-0.39, 0.29) is 23.6 Å². The van der Waals surface area contributed by atoms with Crippen molar-refractivity contribution in [3.8, 4) is 0 Å². The summed E-state index contributed by atoms with van der Waals surface area (Å²) in [6, 6.07) is 0. The molecule has 0 spiro atoms. The summed E-state index contributed by atoms with van der Waals surface area (Å²) in [5.74, 6) is -0.989. The van der Waals surface area contributed by atoms with Crippen molar-refractivity contribution in [2.75, 3.05) is 0 Å². The second-order valence-electron chi connectivity index (χ2n) is 12.3. The van der Waals surface area contributed by atoms with Gasteiger partial charge in [0, 0.05) is 17.4 Å². The van der Waals surface area contributed by atoms with Gasteiger partial charge < -0.3 is 20.1 Å². The maximum absolute atomic E-state index is 13.2. The quantitative estimate of drug-likeness (QED) is 0.421. The third-order valence-electron chi connectivity index (χ3n) is 10.9. The Labute approximate surface area is 201 Å². The molecule has 6 nitrogen and oxygen atoms in total. The Kier molecular flexibility index (Phi) is 5.03. The zero-order valence-electron chi connectivity index (χ0n) is 21.0. The predicted octanol–water partition coefficient (Wildman–Crippen LogP) is 3.54. The summed E-state index contributed by atoms with van der Waals surface area (Å²) in [5, 5.41) is 35.7. The van der Waals surface area contributed by atoms with E-state index in [1.54, 1.807) is 26.0 Å². The van der Waals surface area contributed by atoms with Crippen molar-refractivity contribution in [3.63, 3.8) is 0 Å². The zero-order valence-corrected chi connectivity index (χ0v) is 21.0. The molecule has 5 aliphatic rings. The largest absolute Gasteiger partial charge is 0.456 e.